The topological polar surface area (TPSA) is 55.7 Å². The van der Waals surface area contributed by atoms with Crippen LogP contribution in [0.15, 0.2) is 255 Å². The standard InChI is InChI=1S/C79H62N3OP/c1-84(2,83)63-42-36-55(37-43-63)74-66-26-11-9-24-64(66)73(65-25-10-12-27-67(65)74)54-32-38-59(39-33-54)79(61-45-50-44-51(47-61)48-62(79)46-50)60-40-34-56(35-41-60)76-80-77(58-23-17-22-57(49-58)52-18-5-3-6-19-52)82-78(81-76)75-70-30-15-13-28-68(70)72(53-20-7-4-8-21-53)69-29-14-16-31-71(69)75/h3-43,49-51,61-62H,44-48H2,1-2H3. The Kier molecular flexibility index (Phi) is 12.1. The molecule has 4 saturated carbocycles. The van der Waals surface area contributed by atoms with Crippen molar-refractivity contribution in [3.63, 3.8) is 0 Å². The van der Waals surface area contributed by atoms with E-state index in [0.29, 0.717) is 29.3 Å². The summed E-state index contributed by atoms with van der Waals surface area (Å²) in [6.45, 7) is 3.69. The van der Waals surface area contributed by atoms with Crippen LogP contribution in [0.1, 0.15) is 43.2 Å². The summed E-state index contributed by atoms with van der Waals surface area (Å²) in [5, 5.41) is 10.3. The summed E-state index contributed by atoms with van der Waals surface area (Å²) in [6, 6.07) is 93.1. The zero-order valence-electron chi connectivity index (χ0n) is 47.3. The summed E-state index contributed by atoms with van der Waals surface area (Å²) < 4.78 is 13.1. The monoisotopic (exact) mass is 1100 g/mol. The van der Waals surface area contributed by atoms with E-state index in [4.69, 9.17) is 15.0 Å². The van der Waals surface area contributed by atoms with Crippen LogP contribution in [-0.4, -0.2) is 28.3 Å². The molecule has 1 heterocycles. The maximum atomic E-state index is 13.1. The number of rotatable bonds is 10. The Hall–Kier alpha value is -9.08. The van der Waals surface area contributed by atoms with E-state index in [9.17, 15) is 4.57 Å². The summed E-state index contributed by atoms with van der Waals surface area (Å²) in [4.78, 5) is 16.5. The van der Waals surface area contributed by atoms with Crippen molar-refractivity contribution in [2.75, 3.05) is 13.3 Å². The Morgan fingerprint density at radius 1 is 0.310 bits per heavy atom. The summed E-state index contributed by atoms with van der Waals surface area (Å²) in [7, 11) is -2.40. The first kappa shape index (κ1) is 50.6. The number of fused-ring (bicyclic) bond motifs is 4. The zero-order chi connectivity index (χ0) is 56.1. The van der Waals surface area contributed by atoms with Gasteiger partial charge in [-0.05, 0) is 174 Å². The molecular weight excluding hydrogens is 1040 g/mol. The summed E-state index contributed by atoms with van der Waals surface area (Å²) >= 11 is 0. The molecule has 0 atom stereocenters. The van der Waals surface area contributed by atoms with Crippen LogP contribution in [0.2, 0.25) is 0 Å². The van der Waals surface area contributed by atoms with E-state index in [1.807, 2.05) is 13.3 Å². The van der Waals surface area contributed by atoms with Crippen LogP contribution >= 0.6 is 7.14 Å². The van der Waals surface area contributed by atoms with Gasteiger partial charge in [0.05, 0.1) is 0 Å². The van der Waals surface area contributed by atoms with Crippen LogP contribution in [0.3, 0.4) is 0 Å². The highest BCUT2D eigenvalue weighted by Crippen LogP contribution is 2.65. The van der Waals surface area contributed by atoms with Crippen molar-refractivity contribution in [2.45, 2.75) is 37.5 Å². The predicted octanol–water partition coefficient (Wildman–Crippen LogP) is 20.1. The fourth-order valence-corrected chi connectivity index (χ4v) is 16.9. The number of nitrogens with zero attached hydrogens (tertiary/aromatic N) is 3. The average molecular weight is 1100 g/mol. The number of hydrogen-bond donors (Lipinski definition) is 0. The fourth-order valence-electron chi connectivity index (χ4n) is 16.1. The summed E-state index contributed by atoms with van der Waals surface area (Å²) in [6.07, 6.45) is 6.48. The van der Waals surface area contributed by atoms with E-state index in [2.05, 4.69) is 255 Å². The lowest BCUT2D eigenvalue weighted by atomic mass is 9.42. The molecule has 0 N–H and O–H groups in total. The molecule has 0 saturated heterocycles. The molecule has 4 aliphatic carbocycles. The summed E-state index contributed by atoms with van der Waals surface area (Å²) in [5.74, 6) is 4.67. The molecule has 13 aromatic rings. The van der Waals surface area contributed by atoms with E-state index in [0.717, 1.165) is 72.1 Å². The number of hydrogen-bond acceptors (Lipinski definition) is 4. The van der Waals surface area contributed by atoms with Crippen molar-refractivity contribution in [1.82, 2.24) is 15.0 Å². The second-order valence-corrected chi connectivity index (χ2v) is 27.7. The van der Waals surface area contributed by atoms with Gasteiger partial charge in [-0.3, -0.25) is 0 Å². The molecule has 404 valence electrons. The van der Waals surface area contributed by atoms with E-state index >= 15 is 0 Å². The van der Waals surface area contributed by atoms with Crippen molar-refractivity contribution in [3.05, 3.63) is 266 Å². The first-order valence-electron chi connectivity index (χ1n) is 30.0. The molecule has 4 fully saturated rings. The van der Waals surface area contributed by atoms with Crippen molar-refractivity contribution in [3.8, 4) is 78.7 Å². The second kappa shape index (κ2) is 20.1. The van der Waals surface area contributed by atoms with Gasteiger partial charge in [-0.15, -0.1) is 0 Å². The van der Waals surface area contributed by atoms with Crippen LogP contribution in [0.5, 0.6) is 0 Å². The van der Waals surface area contributed by atoms with Gasteiger partial charge in [0.1, 0.15) is 7.14 Å². The van der Waals surface area contributed by atoms with E-state index in [1.165, 1.54) is 92.6 Å². The lowest BCUT2D eigenvalue weighted by molar-refractivity contribution is -0.0418. The first-order chi connectivity index (χ1) is 41.2. The number of benzene rings is 12. The van der Waals surface area contributed by atoms with Gasteiger partial charge in [-0.2, -0.15) is 0 Å². The molecule has 0 aliphatic heterocycles. The van der Waals surface area contributed by atoms with Gasteiger partial charge in [0, 0.05) is 27.4 Å². The molecule has 0 spiro atoms. The molecule has 4 aliphatic rings. The largest absolute Gasteiger partial charge is 0.319 e. The Balaban J connectivity index is 0.840. The van der Waals surface area contributed by atoms with E-state index in [1.54, 1.807) is 0 Å². The van der Waals surface area contributed by atoms with Crippen LogP contribution in [0.4, 0.5) is 0 Å². The average Bonchev–Trinajstić information content (AvgIpc) is 1.22. The second-order valence-electron chi connectivity index (χ2n) is 24.5. The lowest BCUT2D eigenvalue weighted by Crippen LogP contribution is -2.56. The zero-order valence-corrected chi connectivity index (χ0v) is 48.2. The van der Waals surface area contributed by atoms with Gasteiger partial charge in [0.25, 0.3) is 0 Å². The minimum Gasteiger partial charge on any atom is -0.319 e. The third kappa shape index (κ3) is 8.32. The Morgan fingerprint density at radius 3 is 1.08 bits per heavy atom. The molecule has 4 bridgehead atoms. The molecular formula is C79H62N3OP. The van der Waals surface area contributed by atoms with Crippen molar-refractivity contribution < 1.29 is 4.57 Å². The van der Waals surface area contributed by atoms with E-state index < -0.39 is 7.14 Å². The smallest absolute Gasteiger partial charge is 0.165 e. The molecule has 1 aromatic heterocycles. The third-order valence-corrected chi connectivity index (χ3v) is 21.0. The lowest BCUT2D eigenvalue weighted by Gasteiger charge is -2.62. The van der Waals surface area contributed by atoms with Crippen LogP contribution < -0.4 is 5.30 Å². The highest BCUT2D eigenvalue weighted by atomic mass is 31.2. The van der Waals surface area contributed by atoms with Crippen molar-refractivity contribution in [1.29, 1.82) is 0 Å². The molecule has 5 heteroatoms. The Bertz CT molecular complexity index is 4620. The van der Waals surface area contributed by atoms with E-state index in [-0.39, 0.29) is 5.41 Å². The molecule has 0 radical (unpaired) electrons. The maximum Gasteiger partial charge on any atom is 0.165 e. The van der Waals surface area contributed by atoms with Gasteiger partial charge in [-0.1, -0.05) is 249 Å². The molecule has 0 amide bonds. The van der Waals surface area contributed by atoms with Crippen molar-refractivity contribution in [2.24, 2.45) is 23.7 Å². The van der Waals surface area contributed by atoms with Crippen LogP contribution in [0.25, 0.3) is 122 Å². The number of aromatic nitrogens is 3. The molecule has 84 heavy (non-hydrogen) atoms. The van der Waals surface area contributed by atoms with Crippen molar-refractivity contribution >= 4 is 55.5 Å². The Labute approximate surface area is 491 Å². The molecule has 17 rings (SSSR count). The summed E-state index contributed by atoms with van der Waals surface area (Å²) in [5.41, 5.74) is 15.1. The highest BCUT2D eigenvalue weighted by Gasteiger charge is 2.58. The minimum atomic E-state index is -2.40. The minimum absolute atomic E-state index is 0.128. The van der Waals surface area contributed by atoms with Crippen LogP contribution in [0, 0.1) is 23.7 Å². The van der Waals surface area contributed by atoms with Gasteiger partial charge >= 0.3 is 0 Å². The Morgan fingerprint density at radius 2 is 0.643 bits per heavy atom. The highest BCUT2D eigenvalue weighted by molar-refractivity contribution is 7.70. The SMILES string of the molecule is CP(C)(=O)c1ccc(-c2c3ccccc3c(-c3ccc(C4(c5ccc(-c6nc(-c7cccc(-c8ccccc8)c7)nc(-c7c8ccccc8c(-c8ccccc8)c8ccccc78)n6)cc5)C5CC6CC(C5)CC4C6)cc3)c3ccccc23)cc1. The maximum absolute atomic E-state index is 13.1. The van der Waals surface area contributed by atoms with Gasteiger partial charge in [0.2, 0.25) is 0 Å². The molecule has 12 aromatic carbocycles. The fraction of sp³-hybridized carbons (Fsp3) is 0.152. The quantitative estimate of drug-likeness (QED) is 0.101. The van der Waals surface area contributed by atoms with Gasteiger partial charge in [-0.25, -0.2) is 15.0 Å². The van der Waals surface area contributed by atoms with Gasteiger partial charge in [0.15, 0.2) is 17.5 Å². The normalized spacial score (nSPS) is 19.2. The molecule has 0 unspecified atom stereocenters. The third-order valence-electron chi connectivity index (χ3n) is 19.5. The molecule has 4 nitrogen and oxygen atoms in total. The predicted molar refractivity (Wildman–Crippen MR) is 351 cm³/mol. The first-order valence-corrected chi connectivity index (χ1v) is 32.6. The van der Waals surface area contributed by atoms with Crippen LogP contribution in [-0.2, 0) is 9.98 Å². The van der Waals surface area contributed by atoms with Gasteiger partial charge < -0.3 is 4.57 Å².